The van der Waals surface area contributed by atoms with Crippen molar-refractivity contribution in [3.8, 4) is 0 Å². The minimum Gasteiger partial charge on any atom is -0.381 e. The lowest BCUT2D eigenvalue weighted by Crippen LogP contribution is -2.23. The van der Waals surface area contributed by atoms with E-state index >= 15 is 0 Å². The largest absolute Gasteiger partial charge is 0.381 e. The van der Waals surface area contributed by atoms with Gasteiger partial charge in [-0.25, -0.2) is 9.97 Å². The predicted octanol–water partition coefficient (Wildman–Crippen LogP) is 2.78. The van der Waals surface area contributed by atoms with Gasteiger partial charge in [-0.3, -0.25) is 0 Å². The molecule has 0 unspecified atom stereocenters. The summed E-state index contributed by atoms with van der Waals surface area (Å²) in [6.45, 7) is 4.73. The quantitative estimate of drug-likeness (QED) is 0.918. The topological polar surface area (TPSA) is 47.0 Å². The summed E-state index contributed by atoms with van der Waals surface area (Å²) in [5.41, 5.74) is 2.87. The highest BCUT2D eigenvalue weighted by Crippen LogP contribution is 2.19. The average Bonchev–Trinajstić information content (AvgIpc) is 2.46. The van der Waals surface area contributed by atoms with Crippen LogP contribution in [0.3, 0.4) is 0 Å². The highest BCUT2D eigenvalue weighted by Gasteiger charge is 2.14. The summed E-state index contributed by atoms with van der Waals surface area (Å²) in [6, 6.07) is 7.99. The van der Waals surface area contributed by atoms with Gasteiger partial charge in [0.15, 0.2) is 0 Å². The van der Waals surface area contributed by atoms with Crippen molar-refractivity contribution in [2.45, 2.75) is 19.8 Å². The molecule has 0 radical (unpaired) electrons. The standard InChI is InChI=1S/C15H19N3O/c1-11-15(16-10-12-6-8-19-9-7-12)18-14-5-3-2-4-13(14)17-11/h2-5,12H,6-10H2,1H3,(H,16,18). The number of hydrogen-bond acceptors (Lipinski definition) is 4. The third-order valence-corrected chi connectivity index (χ3v) is 3.64. The molecule has 4 nitrogen and oxygen atoms in total. The summed E-state index contributed by atoms with van der Waals surface area (Å²) in [6.07, 6.45) is 2.26. The number of aryl methyl sites for hydroxylation is 1. The van der Waals surface area contributed by atoms with Crippen molar-refractivity contribution < 1.29 is 4.74 Å². The van der Waals surface area contributed by atoms with Gasteiger partial charge in [-0.15, -0.1) is 0 Å². The molecule has 2 aromatic rings. The van der Waals surface area contributed by atoms with Gasteiger partial charge in [-0.05, 0) is 37.8 Å². The molecule has 1 aliphatic heterocycles. The number of ether oxygens (including phenoxy) is 1. The number of nitrogens with zero attached hydrogens (tertiary/aromatic N) is 2. The minimum atomic E-state index is 0.682. The summed E-state index contributed by atoms with van der Waals surface area (Å²) in [5.74, 6) is 1.59. The first kappa shape index (κ1) is 12.4. The molecule has 4 heteroatoms. The molecule has 1 aromatic heterocycles. The Morgan fingerprint density at radius 1 is 1.16 bits per heavy atom. The molecule has 0 bridgehead atoms. The van der Waals surface area contributed by atoms with Gasteiger partial charge in [0.05, 0.1) is 16.7 Å². The van der Waals surface area contributed by atoms with Crippen LogP contribution in [0.1, 0.15) is 18.5 Å². The van der Waals surface area contributed by atoms with Crippen molar-refractivity contribution in [3.05, 3.63) is 30.0 Å². The van der Waals surface area contributed by atoms with Gasteiger partial charge < -0.3 is 10.1 Å². The van der Waals surface area contributed by atoms with Gasteiger partial charge in [0.1, 0.15) is 5.82 Å². The second-order valence-electron chi connectivity index (χ2n) is 5.08. The normalized spacial score (nSPS) is 16.7. The monoisotopic (exact) mass is 257 g/mol. The number of fused-ring (bicyclic) bond motifs is 1. The van der Waals surface area contributed by atoms with Gasteiger partial charge in [0.2, 0.25) is 0 Å². The third-order valence-electron chi connectivity index (χ3n) is 3.64. The van der Waals surface area contributed by atoms with Crippen LogP contribution in [0.5, 0.6) is 0 Å². The molecule has 0 amide bonds. The summed E-state index contributed by atoms with van der Waals surface area (Å²) in [5, 5.41) is 3.45. The van der Waals surface area contributed by atoms with Crippen LogP contribution in [-0.2, 0) is 4.74 Å². The molecule has 100 valence electrons. The zero-order valence-corrected chi connectivity index (χ0v) is 11.2. The fourth-order valence-corrected chi connectivity index (χ4v) is 2.45. The van der Waals surface area contributed by atoms with Crippen molar-refractivity contribution in [2.75, 3.05) is 25.1 Å². The highest BCUT2D eigenvalue weighted by molar-refractivity contribution is 5.76. The van der Waals surface area contributed by atoms with E-state index in [1.807, 2.05) is 31.2 Å². The van der Waals surface area contributed by atoms with Crippen LogP contribution in [-0.4, -0.2) is 29.7 Å². The Bertz CT molecular complexity index is 564. The molecule has 0 atom stereocenters. The Kier molecular flexibility index (Phi) is 3.60. The fourth-order valence-electron chi connectivity index (χ4n) is 2.45. The van der Waals surface area contributed by atoms with E-state index in [0.717, 1.165) is 55.1 Å². The average molecular weight is 257 g/mol. The lowest BCUT2D eigenvalue weighted by Gasteiger charge is -2.22. The zero-order valence-electron chi connectivity index (χ0n) is 11.2. The first-order valence-electron chi connectivity index (χ1n) is 6.88. The van der Waals surface area contributed by atoms with Crippen LogP contribution >= 0.6 is 0 Å². The van der Waals surface area contributed by atoms with Crippen LogP contribution in [0.4, 0.5) is 5.82 Å². The van der Waals surface area contributed by atoms with Crippen LogP contribution in [0.2, 0.25) is 0 Å². The number of benzene rings is 1. The van der Waals surface area contributed by atoms with Gasteiger partial charge in [-0.2, -0.15) is 0 Å². The van der Waals surface area contributed by atoms with Crippen molar-refractivity contribution >= 4 is 16.9 Å². The number of hydrogen-bond donors (Lipinski definition) is 1. The van der Waals surface area contributed by atoms with Crippen LogP contribution in [0.15, 0.2) is 24.3 Å². The maximum absolute atomic E-state index is 5.38. The molecule has 3 rings (SSSR count). The molecule has 1 saturated heterocycles. The molecule has 1 aliphatic rings. The van der Waals surface area contributed by atoms with Crippen molar-refractivity contribution in [1.82, 2.24) is 9.97 Å². The first-order chi connectivity index (χ1) is 9.33. The molecule has 1 fully saturated rings. The van der Waals surface area contributed by atoms with E-state index in [1.165, 1.54) is 0 Å². The fraction of sp³-hybridized carbons (Fsp3) is 0.467. The predicted molar refractivity (Wildman–Crippen MR) is 76.3 cm³/mol. The SMILES string of the molecule is Cc1nc2ccccc2nc1NCC1CCOCC1. The molecule has 0 spiro atoms. The van der Waals surface area contributed by atoms with Crippen LogP contribution in [0, 0.1) is 12.8 Å². The van der Waals surface area contributed by atoms with E-state index in [0.29, 0.717) is 5.92 Å². The highest BCUT2D eigenvalue weighted by atomic mass is 16.5. The van der Waals surface area contributed by atoms with Gasteiger partial charge >= 0.3 is 0 Å². The Balaban J connectivity index is 1.74. The summed E-state index contributed by atoms with van der Waals surface area (Å²) >= 11 is 0. The first-order valence-corrected chi connectivity index (χ1v) is 6.88. The molecule has 1 N–H and O–H groups in total. The Hall–Kier alpha value is -1.68. The van der Waals surface area contributed by atoms with E-state index in [1.54, 1.807) is 0 Å². The number of anilines is 1. The molecule has 2 heterocycles. The van der Waals surface area contributed by atoms with E-state index in [9.17, 15) is 0 Å². The molecule has 0 saturated carbocycles. The molecular weight excluding hydrogens is 238 g/mol. The van der Waals surface area contributed by atoms with E-state index < -0.39 is 0 Å². The third kappa shape index (κ3) is 2.84. The van der Waals surface area contributed by atoms with Crippen molar-refractivity contribution in [3.63, 3.8) is 0 Å². The summed E-state index contributed by atoms with van der Waals surface area (Å²) in [4.78, 5) is 9.24. The van der Waals surface area contributed by atoms with E-state index in [2.05, 4.69) is 15.3 Å². The number of nitrogens with one attached hydrogen (secondary N) is 1. The molecule has 1 aromatic carbocycles. The smallest absolute Gasteiger partial charge is 0.148 e. The Morgan fingerprint density at radius 3 is 2.58 bits per heavy atom. The van der Waals surface area contributed by atoms with Crippen LogP contribution < -0.4 is 5.32 Å². The van der Waals surface area contributed by atoms with Gasteiger partial charge in [0.25, 0.3) is 0 Å². The Morgan fingerprint density at radius 2 is 1.84 bits per heavy atom. The van der Waals surface area contributed by atoms with Gasteiger partial charge in [0, 0.05) is 19.8 Å². The molecular formula is C15H19N3O. The number of para-hydroxylation sites is 2. The van der Waals surface area contributed by atoms with Gasteiger partial charge in [-0.1, -0.05) is 12.1 Å². The minimum absolute atomic E-state index is 0.682. The second-order valence-corrected chi connectivity index (χ2v) is 5.08. The van der Waals surface area contributed by atoms with Crippen LogP contribution in [0.25, 0.3) is 11.0 Å². The van der Waals surface area contributed by atoms with E-state index in [-0.39, 0.29) is 0 Å². The number of aromatic nitrogens is 2. The molecule has 19 heavy (non-hydrogen) atoms. The van der Waals surface area contributed by atoms with Crippen molar-refractivity contribution in [1.29, 1.82) is 0 Å². The lowest BCUT2D eigenvalue weighted by atomic mass is 10.0. The lowest BCUT2D eigenvalue weighted by molar-refractivity contribution is 0.0699. The maximum Gasteiger partial charge on any atom is 0.148 e. The van der Waals surface area contributed by atoms with E-state index in [4.69, 9.17) is 4.74 Å². The summed E-state index contributed by atoms with van der Waals surface area (Å²) in [7, 11) is 0. The molecule has 0 aliphatic carbocycles. The maximum atomic E-state index is 5.38. The summed E-state index contributed by atoms with van der Waals surface area (Å²) < 4.78 is 5.38. The second kappa shape index (κ2) is 5.53. The van der Waals surface area contributed by atoms with Crippen molar-refractivity contribution in [2.24, 2.45) is 5.92 Å². The Labute approximate surface area is 113 Å². The number of rotatable bonds is 3. The zero-order chi connectivity index (χ0) is 13.1.